The minimum atomic E-state index is 0.767. The average molecular weight is 291 g/mol. The van der Waals surface area contributed by atoms with Crippen LogP contribution < -0.4 is 0 Å². The van der Waals surface area contributed by atoms with E-state index in [-0.39, 0.29) is 0 Å². The molecule has 1 rings (SSSR count). The Labute approximate surface area is 109 Å². The number of alkyl halides is 1. The summed E-state index contributed by atoms with van der Waals surface area (Å²) in [5.74, 6) is 1.54. The van der Waals surface area contributed by atoms with Gasteiger partial charge in [-0.25, -0.2) is 0 Å². The maximum atomic E-state index is 3.63. The zero-order valence-corrected chi connectivity index (χ0v) is 12.8. The SMILES string of the molecule is CC(C)C(CBr)CN(C)CC1CCCN1C. The Morgan fingerprint density at radius 1 is 1.44 bits per heavy atom. The molecule has 2 unspecified atom stereocenters. The van der Waals surface area contributed by atoms with Gasteiger partial charge in [0, 0.05) is 24.5 Å². The van der Waals surface area contributed by atoms with Crippen molar-refractivity contribution in [3.8, 4) is 0 Å². The van der Waals surface area contributed by atoms with Crippen LogP contribution in [-0.2, 0) is 0 Å². The monoisotopic (exact) mass is 290 g/mol. The second kappa shape index (κ2) is 6.97. The average Bonchev–Trinajstić information content (AvgIpc) is 2.60. The van der Waals surface area contributed by atoms with Crippen LogP contribution in [-0.4, -0.2) is 54.9 Å². The third kappa shape index (κ3) is 4.34. The molecule has 0 amide bonds. The standard InChI is InChI=1S/C13H27BrN2/c1-11(2)12(8-14)9-15(3)10-13-6-5-7-16(13)4/h11-13H,5-10H2,1-4H3. The minimum absolute atomic E-state index is 0.767. The van der Waals surface area contributed by atoms with Crippen molar-refractivity contribution in [2.75, 3.05) is 39.1 Å². The maximum absolute atomic E-state index is 3.63. The van der Waals surface area contributed by atoms with Crippen molar-refractivity contribution >= 4 is 15.9 Å². The Hall–Kier alpha value is 0.400. The van der Waals surface area contributed by atoms with E-state index in [9.17, 15) is 0 Å². The van der Waals surface area contributed by atoms with Gasteiger partial charge in [0.1, 0.15) is 0 Å². The molecule has 1 aliphatic rings. The van der Waals surface area contributed by atoms with Gasteiger partial charge in [-0.3, -0.25) is 0 Å². The molecule has 0 aromatic carbocycles. The first-order valence-electron chi connectivity index (χ1n) is 6.49. The van der Waals surface area contributed by atoms with Gasteiger partial charge in [-0.15, -0.1) is 0 Å². The van der Waals surface area contributed by atoms with Gasteiger partial charge in [0.15, 0.2) is 0 Å². The van der Waals surface area contributed by atoms with Crippen molar-refractivity contribution in [1.82, 2.24) is 9.80 Å². The van der Waals surface area contributed by atoms with Crippen molar-refractivity contribution in [2.24, 2.45) is 11.8 Å². The molecule has 0 saturated carbocycles. The van der Waals surface area contributed by atoms with Crippen molar-refractivity contribution in [3.63, 3.8) is 0 Å². The lowest BCUT2D eigenvalue weighted by Gasteiger charge is -2.29. The Bertz CT molecular complexity index is 192. The number of hydrogen-bond acceptors (Lipinski definition) is 2. The molecular weight excluding hydrogens is 264 g/mol. The Morgan fingerprint density at radius 2 is 2.12 bits per heavy atom. The highest BCUT2D eigenvalue weighted by atomic mass is 79.9. The van der Waals surface area contributed by atoms with Gasteiger partial charge in [-0.05, 0) is 45.3 Å². The molecule has 0 radical (unpaired) electrons. The number of halogens is 1. The summed E-state index contributed by atoms with van der Waals surface area (Å²) in [7, 11) is 4.53. The Morgan fingerprint density at radius 3 is 2.56 bits per heavy atom. The van der Waals surface area contributed by atoms with Gasteiger partial charge in [0.25, 0.3) is 0 Å². The fourth-order valence-corrected chi connectivity index (χ4v) is 3.43. The molecule has 0 aromatic heterocycles. The van der Waals surface area contributed by atoms with E-state index < -0.39 is 0 Å². The lowest BCUT2D eigenvalue weighted by molar-refractivity contribution is 0.191. The molecule has 3 heteroatoms. The first-order chi connectivity index (χ1) is 7.54. The summed E-state index contributed by atoms with van der Waals surface area (Å²) in [6, 6.07) is 0.785. The molecular formula is C13H27BrN2. The van der Waals surface area contributed by atoms with Gasteiger partial charge < -0.3 is 9.80 Å². The molecule has 0 N–H and O–H groups in total. The molecule has 0 spiro atoms. The second-order valence-corrected chi connectivity index (χ2v) is 6.30. The normalized spacial score (nSPS) is 24.6. The summed E-state index contributed by atoms with van der Waals surface area (Å²) < 4.78 is 0. The number of nitrogens with zero attached hydrogens (tertiary/aromatic N) is 2. The van der Waals surface area contributed by atoms with E-state index in [0.717, 1.165) is 23.2 Å². The van der Waals surface area contributed by atoms with Crippen LogP contribution in [0.4, 0.5) is 0 Å². The van der Waals surface area contributed by atoms with Crippen molar-refractivity contribution in [3.05, 3.63) is 0 Å². The van der Waals surface area contributed by atoms with E-state index in [1.165, 1.54) is 32.5 Å². The van der Waals surface area contributed by atoms with Crippen LogP contribution in [0.2, 0.25) is 0 Å². The first kappa shape index (κ1) is 14.5. The summed E-state index contributed by atoms with van der Waals surface area (Å²) in [6.45, 7) is 8.37. The molecule has 1 aliphatic heterocycles. The van der Waals surface area contributed by atoms with Crippen LogP contribution >= 0.6 is 15.9 Å². The molecule has 1 saturated heterocycles. The van der Waals surface area contributed by atoms with E-state index in [1.807, 2.05) is 0 Å². The number of likely N-dealkylation sites (tertiary alicyclic amines) is 1. The van der Waals surface area contributed by atoms with Crippen LogP contribution in [0.1, 0.15) is 26.7 Å². The third-order valence-electron chi connectivity index (χ3n) is 3.88. The zero-order chi connectivity index (χ0) is 12.1. The Kier molecular flexibility index (Phi) is 6.30. The molecule has 1 heterocycles. The summed E-state index contributed by atoms with van der Waals surface area (Å²) in [5.41, 5.74) is 0. The topological polar surface area (TPSA) is 6.48 Å². The van der Waals surface area contributed by atoms with Gasteiger partial charge in [-0.1, -0.05) is 29.8 Å². The van der Waals surface area contributed by atoms with Crippen LogP contribution in [0.15, 0.2) is 0 Å². The summed E-state index contributed by atoms with van der Waals surface area (Å²) in [4.78, 5) is 5.02. The second-order valence-electron chi connectivity index (χ2n) is 5.66. The highest BCUT2D eigenvalue weighted by Gasteiger charge is 2.23. The van der Waals surface area contributed by atoms with Crippen LogP contribution in [0.25, 0.3) is 0 Å². The van der Waals surface area contributed by atoms with Crippen molar-refractivity contribution in [1.29, 1.82) is 0 Å². The van der Waals surface area contributed by atoms with E-state index in [4.69, 9.17) is 0 Å². The fourth-order valence-electron chi connectivity index (χ4n) is 2.48. The van der Waals surface area contributed by atoms with Gasteiger partial charge in [-0.2, -0.15) is 0 Å². The van der Waals surface area contributed by atoms with Gasteiger partial charge in [0.05, 0.1) is 0 Å². The quantitative estimate of drug-likeness (QED) is 0.694. The van der Waals surface area contributed by atoms with Crippen molar-refractivity contribution < 1.29 is 0 Å². The molecule has 0 aliphatic carbocycles. The first-order valence-corrected chi connectivity index (χ1v) is 7.61. The van der Waals surface area contributed by atoms with E-state index in [1.54, 1.807) is 0 Å². The predicted molar refractivity (Wildman–Crippen MR) is 75.3 cm³/mol. The number of likely N-dealkylation sites (N-methyl/N-ethyl adjacent to an activating group) is 2. The Balaban J connectivity index is 2.31. The summed E-state index contributed by atoms with van der Waals surface area (Å²) >= 11 is 3.63. The van der Waals surface area contributed by atoms with Crippen LogP contribution in [0.3, 0.4) is 0 Å². The molecule has 16 heavy (non-hydrogen) atoms. The van der Waals surface area contributed by atoms with E-state index in [0.29, 0.717) is 0 Å². The van der Waals surface area contributed by atoms with Crippen LogP contribution in [0, 0.1) is 11.8 Å². The highest BCUT2D eigenvalue weighted by molar-refractivity contribution is 9.09. The number of hydrogen-bond donors (Lipinski definition) is 0. The molecule has 96 valence electrons. The maximum Gasteiger partial charge on any atom is 0.0220 e. The summed E-state index contributed by atoms with van der Waals surface area (Å²) in [6.07, 6.45) is 2.75. The molecule has 0 bridgehead atoms. The predicted octanol–water partition coefficient (Wildman–Crippen LogP) is 2.68. The molecule has 2 nitrogen and oxygen atoms in total. The smallest absolute Gasteiger partial charge is 0.0220 e. The largest absolute Gasteiger partial charge is 0.304 e. The summed E-state index contributed by atoms with van der Waals surface area (Å²) in [5, 5.41) is 1.12. The molecule has 2 atom stereocenters. The highest BCUT2D eigenvalue weighted by Crippen LogP contribution is 2.18. The minimum Gasteiger partial charge on any atom is -0.304 e. The molecule has 0 aromatic rings. The zero-order valence-electron chi connectivity index (χ0n) is 11.2. The lowest BCUT2D eigenvalue weighted by atomic mass is 9.97. The van der Waals surface area contributed by atoms with Crippen LogP contribution in [0.5, 0.6) is 0 Å². The number of rotatable bonds is 6. The fraction of sp³-hybridized carbons (Fsp3) is 1.00. The van der Waals surface area contributed by atoms with Crippen molar-refractivity contribution in [2.45, 2.75) is 32.7 Å². The van der Waals surface area contributed by atoms with Gasteiger partial charge >= 0.3 is 0 Å². The molecule has 1 fully saturated rings. The van der Waals surface area contributed by atoms with Gasteiger partial charge in [0.2, 0.25) is 0 Å². The van der Waals surface area contributed by atoms with E-state index >= 15 is 0 Å². The lowest BCUT2D eigenvalue weighted by Crippen LogP contribution is -2.39. The van der Waals surface area contributed by atoms with E-state index in [2.05, 4.69) is 53.7 Å². The third-order valence-corrected chi connectivity index (χ3v) is 4.71.